The van der Waals surface area contributed by atoms with E-state index in [1.165, 1.54) is 16.7 Å². The van der Waals surface area contributed by atoms with Gasteiger partial charge in [-0.05, 0) is 31.4 Å². The molecule has 4 nitrogen and oxygen atoms in total. The van der Waals surface area contributed by atoms with Crippen molar-refractivity contribution >= 4 is 11.8 Å². The van der Waals surface area contributed by atoms with Gasteiger partial charge in [0.25, 0.3) is 0 Å². The van der Waals surface area contributed by atoms with Gasteiger partial charge in [0.05, 0.1) is 0 Å². The van der Waals surface area contributed by atoms with E-state index in [4.69, 9.17) is 5.73 Å². The van der Waals surface area contributed by atoms with E-state index < -0.39 is 11.8 Å². The fraction of sp³-hybridized carbons (Fsp3) is 0.333. The van der Waals surface area contributed by atoms with E-state index in [2.05, 4.69) is 11.4 Å². The zero-order valence-electron chi connectivity index (χ0n) is 9.54. The molecule has 0 aromatic heterocycles. The summed E-state index contributed by atoms with van der Waals surface area (Å²) in [5.74, 6) is -1.67. The molecule has 86 valence electrons. The predicted octanol–water partition coefficient (Wildman–Crippen LogP) is 0.447. The standard InChI is InChI=1S/C12H16N2O2/c1-8-3-4-9(2)10(7-8)5-6-14-12(16)11(13)15/h3-4,7H,5-6H2,1-2H3,(H2,13,15)(H,14,16). The molecular weight excluding hydrogens is 204 g/mol. The largest absolute Gasteiger partial charge is 0.361 e. The Labute approximate surface area is 94.8 Å². The van der Waals surface area contributed by atoms with Crippen LogP contribution in [0.5, 0.6) is 0 Å². The number of primary amides is 1. The number of amides is 2. The van der Waals surface area contributed by atoms with Crippen molar-refractivity contribution in [2.75, 3.05) is 6.54 Å². The van der Waals surface area contributed by atoms with Crippen LogP contribution in [0.2, 0.25) is 0 Å². The van der Waals surface area contributed by atoms with Crippen molar-refractivity contribution in [1.82, 2.24) is 5.32 Å². The number of rotatable bonds is 3. The van der Waals surface area contributed by atoms with Gasteiger partial charge >= 0.3 is 11.8 Å². The number of hydrogen-bond acceptors (Lipinski definition) is 2. The zero-order chi connectivity index (χ0) is 12.1. The lowest BCUT2D eigenvalue weighted by Gasteiger charge is -2.07. The number of hydrogen-bond donors (Lipinski definition) is 2. The van der Waals surface area contributed by atoms with E-state index >= 15 is 0 Å². The molecule has 4 heteroatoms. The first kappa shape index (κ1) is 12.2. The number of nitrogens with two attached hydrogens (primary N) is 1. The van der Waals surface area contributed by atoms with Crippen LogP contribution in [0.15, 0.2) is 18.2 Å². The highest BCUT2D eigenvalue weighted by atomic mass is 16.2. The summed E-state index contributed by atoms with van der Waals surface area (Å²) >= 11 is 0. The van der Waals surface area contributed by atoms with Crippen LogP contribution in [0.3, 0.4) is 0 Å². The fourth-order valence-electron chi connectivity index (χ4n) is 1.47. The van der Waals surface area contributed by atoms with Crippen LogP contribution in [0, 0.1) is 13.8 Å². The molecule has 0 saturated carbocycles. The molecule has 1 rings (SSSR count). The minimum Gasteiger partial charge on any atom is -0.361 e. The molecule has 16 heavy (non-hydrogen) atoms. The highest BCUT2D eigenvalue weighted by Gasteiger charge is 2.07. The van der Waals surface area contributed by atoms with Crippen LogP contribution in [-0.2, 0) is 16.0 Å². The average Bonchev–Trinajstić information content (AvgIpc) is 2.22. The normalized spacial score (nSPS) is 9.88. The van der Waals surface area contributed by atoms with Gasteiger partial charge in [-0.15, -0.1) is 0 Å². The maximum atomic E-state index is 10.9. The highest BCUT2D eigenvalue weighted by molar-refractivity contribution is 6.34. The molecule has 0 aliphatic heterocycles. The topological polar surface area (TPSA) is 72.2 Å². The first-order chi connectivity index (χ1) is 7.50. The molecule has 0 heterocycles. The summed E-state index contributed by atoms with van der Waals surface area (Å²) in [5.41, 5.74) is 8.35. The smallest absolute Gasteiger partial charge is 0.309 e. The molecule has 0 aliphatic carbocycles. The lowest BCUT2D eigenvalue weighted by Crippen LogP contribution is -2.37. The van der Waals surface area contributed by atoms with Gasteiger partial charge in [-0.3, -0.25) is 9.59 Å². The Bertz CT molecular complexity index is 413. The fourth-order valence-corrected chi connectivity index (χ4v) is 1.47. The van der Waals surface area contributed by atoms with Crippen LogP contribution in [0.1, 0.15) is 16.7 Å². The third kappa shape index (κ3) is 3.38. The summed E-state index contributed by atoms with van der Waals surface area (Å²) in [6, 6.07) is 6.16. The summed E-state index contributed by atoms with van der Waals surface area (Å²) in [7, 11) is 0. The van der Waals surface area contributed by atoms with Crippen LogP contribution >= 0.6 is 0 Å². The van der Waals surface area contributed by atoms with Crippen LogP contribution in [0.25, 0.3) is 0 Å². The zero-order valence-corrected chi connectivity index (χ0v) is 9.54. The minimum absolute atomic E-state index is 0.423. The van der Waals surface area contributed by atoms with Crippen molar-refractivity contribution in [2.24, 2.45) is 5.73 Å². The molecule has 0 aliphatic rings. The Morgan fingerprint density at radius 2 is 2.00 bits per heavy atom. The Morgan fingerprint density at radius 3 is 2.62 bits per heavy atom. The molecule has 0 spiro atoms. The summed E-state index contributed by atoms with van der Waals surface area (Å²) < 4.78 is 0. The van der Waals surface area contributed by atoms with Crippen LogP contribution < -0.4 is 11.1 Å². The molecule has 0 saturated heterocycles. The first-order valence-electron chi connectivity index (χ1n) is 5.14. The number of carbonyl (C=O) groups excluding carboxylic acids is 2. The van der Waals surface area contributed by atoms with Crippen LogP contribution in [0.4, 0.5) is 0 Å². The van der Waals surface area contributed by atoms with E-state index in [0.717, 1.165) is 0 Å². The van der Waals surface area contributed by atoms with Gasteiger partial charge in [-0.1, -0.05) is 23.8 Å². The van der Waals surface area contributed by atoms with Gasteiger partial charge in [-0.25, -0.2) is 0 Å². The summed E-state index contributed by atoms with van der Waals surface area (Å²) in [6.07, 6.45) is 0.701. The van der Waals surface area contributed by atoms with E-state index in [9.17, 15) is 9.59 Å². The van der Waals surface area contributed by atoms with E-state index in [1.54, 1.807) is 0 Å². The summed E-state index contributed by atoms with van der Waals surface area (Å²) in [5, 5.41) is 2.46. The molecule has 1 aromatic carbocycles. The molecule has 0 atom stereocenters. The number of nitrogens with one attached hydrogen (secondary N) is 1. The van der Waals surface area contributed by atoms with E-state index in [1.807, 2.05) is 26.0 Å². The predicted molar refractivity (Wildman–Crippen MR) is 61.8 cm³/mol. The van der Waals surface area contributed by atoms with Gasteiger partial charge in [0.15, 0.2) is 0 Å². The lowest BCUT2D eigenvalue weighted by atomic mass is 10.0. The van der Waals surface area contributed by atoms with Crippen molar-refractivity contribution < 1.29 is 9.59 Å². The van der Waals surface area contributed by atoms with Crippen LogP contribution in [-0.4, -0.2) is 18.4 Å². The molecule has 3 N–H and O–H groups in total. The maximum Gasteiger partial charge on any atom is 0.309 e. The third-order valence-electron chi connectivity index (χ3n) is 2.41. The van der Waals surface area contributed by atoms with Crippen molar-refractivity contribution in [2.45, 2.75) is 20.3 Å². The van der Waals surface area contributed by atoms with Gasteiger partial charge in [0, 0.05) is 6.54 Å². The Balaban J connectivity index is 2.52. The second-order valence-electron chi connectivity index (χ2n) is 3.80. The average molecular weight is 220 g/mol. The molecule has 0 fully saturated rings. The van der Waals surface area contributed by atoms with Crippen molar-refractivity contribution in [3.8, 4) is 0 Å². The summed E-state index contributed by atoms with van der Waals surface area (Å²) in [4.78, 5) is 21.4. The number of aryl methyl sites for hydroxylation is 2. The second-order valence-corrected chi connectivity index (χ2v) is 3.80. The number of benzene rings is 1. The minimum atomic E-state index is -0.944. The second kappa shape index (κ2) is 5.30. The number of carbonyl (C=O) groups is 2. The SMILES string of the molecule is Cc1ccc(C)c(CCNC(=O)C(N)=O)c1. The molecule has 0 radical (unpaired) electrons. The van der Waals surface area contributed by atoms with Gasteiger partial charge in [0.1, 0.15) is 0 Å². The first-order valence-corrected chi connectivity index (χ1v) is 5.14. The van der Waals surface area contributed by atoms with Crippen molar-refractivity contribution in [1.29, 1.82) is 0 Å². The van der Waals surface area contributed by atoms with Crippen molar-refractivity contribution in [3.63, 3.8) is 0 Å². The van der Waals surface area contributed by atoms with E-state index in [-0.39, 0.29) is 0 Å². The third-order valence-corrected chi connectivity index (χ3v) is 2.41. The lowest BCUT2D eigenvalue weighted by molar-refractivity contribution is -0.137. The highest BCUT2D eigenvalue weighted by Crippen LogP contribution is 2.10. The van der Waals surface area contributed by atoms with Gasteiger partial charge in [-0.2, -0.15) is 0 Å². The Kier molecular flexibility index (Phi) is 4.05. The molecule has 0 bridgehead atoms. The summed E-state index contributed by atoms with van der Waals surface area (Å²) in [6.45, 7) is 4.46. The molecular formula is C12H16N2O2. The Morgan fingerprint density at radius 1 is 1.31 bits per heavy atom. The van der Waals surface area contributed by atoms with E-state index in [0.29, 0.717) is 13.0 Å². The van der Waals surface area contributed by atoms with Crippen molar-refractivity contribution in [3.05, 3.63) is 34.9 Å². The van der Waals surface area contributed by atoms with Gasteiger partial charge < -0.3 is 11.1 Å². The van der Waals surface area contributed by atoms with Gasteiger partial charge in [0.2, 0.25) is 0 Å². The molecule has 0 unspecified atom stereocenters. The maximum absolute atomic E-state index is 10.9. The molecule has 2 amide bonds. The Hall–Kier alpha value is -1.84. The monoisotopic (exact) mass is 220 g/mol. The quantitative estimate of drug-likeness (QED) is 0.726. The molecule has 1 aromatic rings.